The number of hydrazone groups is 1. The number of nitriles is 1. The SMILES string of the molecule is COc1c(O)ccc(C=NNC(=O)COc2ccccc2C#N)c1[N+](=O)[O-]. The molecule has 0 heterocycles. The number of para-hydroxylation sites is 1. The van der Waals surface area contributed by atoms with Crippen LogP contribution in [-0.4, -0.2) is 35.9 Å². The molecule has 10 heteroatoms. The number of carbonyl (C=O) groups is 1. The maximum Gasteiger partial charge on any atom is 0.323 e. The van der Waals surface area contributed by atoms with Gasteiger partial charge in [-0.3, -0.25) is 14.9 Å². The molecule has 10 nitrogen and oxygen atoms in total. The number of rotatable bonds is 7. The predicted octanol–water partition coefficient (Wildman–Crippen LogP) is 1.71. The molecule has 0 spiro atoms. The molecule has 0 aromatic heterocycles. The Morgan fingerprint density at radius 1 is 1.41 bits per heavy atom. The second kappa shape index (κ2) is 8.82. The van der Waals surface area contributed by atoms with Crippen molar-refractivity contribution in [1.82, 2.24) is 5.43 Å². The number of amides is 1. The summed E-state index contributed by atoms with van der Waals surface area (Å²) in [6.45, 7) is -0.406. The Morgan fingerprint density at radius 3 is 2.81 bits per heavy atom. The number of hydrogen-bond acceptors (Lipinski definition) is 8. The van der Waals surface area contributed by atoms with Crippen LogP contribution in [0.25, 0.3) is 0 Å². The van der Waals surface area contributed by atoms with Crippen LogP contribution < -0.4 is 14.9 Å². The van der Waals surface area contributed by atoms with Crippen LogP contribution >= 0.6 is 0 Å². The molecule has 0 aliphatic rings. The highest BCUT2D eigenvalue weighted by molar-refractivity contribution is 5.89. The lowest BCUT2D eigenvalue weighted by Gasteiger charge is -2.07. The summed E-state index contributed by atoms with van der Waals surface area (Å²) < 4.78 is 10.1. The fourth-order valence-corrected chi connectivity index (χ4v) is 2.10. The summed E-state index contributed by atoms with van der Waals surface area (Å²) >= 11 is 0. The number of carbonyl (C=O) groups excluding carboxylic acids is 1. The summed E-state index contributed by atoms with van der Waals surface area (Å²) in [7, 11) is 1.18. The minimum atomic E-state index is -0.732. The van der Waals surface area contributed by atoms with E-state index in [-0.39, 0.29) is 22.6 Å². The molecule has 27 heavy (non-hydrogen) atoms. The lowest BCUT2D eigenvalue weighted by molar-refractivity contribution is -0.386. The van der Waals surface area contributed by atoms with Gasteiger partial charge in [0.25, 0.3) is 5.91 Å². The molecule has 0 aliphatic carbocycles. The third-order valence-corrected chi connectivity index (χ3v) is 3.29. The summed E-state index contributed by atoms with van der Waals surface area (Å²) in [4.78, 5) is 22.2. The number of methoxy groups -OCH3 is 1. The van der Waals surface area contributed by atoms with Gasteiger partial charge in [0.2, 0.25) is 5.75 Å². The van der Waals surface area contributed by atoms with Crippen molar-refractivity contribution in [3.63, 3.8) is 0 Å². The van der Waals surface area contributed by atoms with Crippen LogP contribution in [0.1, 0.15) is 11.1 Å². The van der Waals surface area contributed by atoms with E-state index in [1.807, 2.05) is 6.07 Å². The minimum Gasteiger partial charge on any atom is -0.504 e. The quantitative estimate of drug-likeness (QED) is 0.428. The second-order valence-corrected chi connectivity index (χ2v) is 5.00. The third kappa shape index (κ3) is 4.70. The summed E-state index contributed by atoms with van der Waals surface area (Å²) in [5.41, 5.74) is 1.96. The highest BCUT2D eigenvalue weighted by atomic mass is 16.6. The molecule has 0 radical (unpaired) electrons. The highest BCUT2D eigenvalue weighted by Gasteiger charge is 2.23. The maximum absolute atomic E-state index is 11.8. The number of nitrogens with zero attached hydrogens (tertiary/aromatic N) is 3. The minimum absolute atomic E-state index is 0.0192. The third-order valence-electron chi connectivity index (χ3n) is 3.29. The van der Waals surface area contributed by atoms with Gasteiger partial charge < -0.3 is 14.6 Å². The number of benzene rings is 2. The van der Waals surface area contributed by atoms with Crippen LogP contribution in [0.3, 0.4) is 0 Å². The molecule has 0 fully saturated rings. The van der Waals surface area contributed by atoms with Gasteiger partial charge in [-0.25, -0.2) is 5.43 Å². The smallest absolute Gasteiger partial charge is 0.323 e. The van der Waals surface area contributed by atoms with Crippen LogP contribution in [0.4, 0.5) is 5.69 Å². The molecular weight excluding hydrogens is 356 g/mol. The number of phenolic OH excluding ortho intramolecular Hbond substituents is 1. The van der Waals surface area contributed by atoms with E-state index in [0.29, 0.717) is 0 Å². The lowest BCUT2D eigenvalue weighted by atomic mass is 10.1. The van der Waals surface area contributed by atoms with E-state index < -0.39 is 28.9 Å². The Hall–Kier alpha value is -4.13. The Balaban J connectivity index is 2.04. The highest BCUT2D eigenvalue weighted by Crippen LogP contribution is 2.37. The monoisotopic (exact) mass is 370 g/mol. The van der Waals surface area contributed by atoms with Crippen LogP contribution in [-0.2, 0) is 4.79 Å². The van der Waals surface area contributed by atoms with Gasteiger partial charge in [0, 0.05) is 0 Å². The van der Waals surface area contributed by atoms with Gasteiger partial charge in [0.05, 0.1) is 29.4 Å². The molecule has 0 aliphatic heterocycles. The number of nitro benzene ring substituents is 1. The molecule has 138 valence electrons. The van der Waals surface area contributed by atoms with E-state index in [4.69, 9.17) is 14.7 Å². The van der Waals surface area contributed by atoms with E-state index in [9.17, 15) is 20.0 Å². The normalized spacial score (nSPS) is 10.2. The van der Waals surface area contributed by atoms with Crippen LogP contribution in [0.15, 0.2) is 41.5 Å². The largest absolute Gasteiger partial charge is 0.504 e. The molecule has 2 rings (SSSR count). The van der Waals surface area contributed by atoms with Crippen molar-refractivity contribution in [3.05, 3.63) is 57.6 Å². The molecule has 2 aromatic carbocycles. The molecule has 0 saturated carbocycles. The molecule has 2 N–H and O–H groups in total. The zero-order valence-corrected chi connectivity index (χ0v) is 14.1. The van der Waals surface area contributed by atoms with Gasteiger partial charge in [-0.2, -0.15) is 10.4 Å². The first kappa shape index (κ1) is 19.2. The van der Waals surface area contributed by atoms with Gasteiger partial charge in [0.1, 0.15) is 11.8 Å². The molecule has 2 aromatic rings. The second-order valence-electron chi connectivity index (χ2n) is 5.00. The number of aromatic hydroxyl groups is 1. The Bertz CT molecular complexity index is 936. The van der Waals surface area contributed by atoms with E-state index in [0.717, 1.165) is 6.21 Å². The first-order valence-corrected chi connectivity index (χ1v) is 7.46. The van der Waals surface area contributed by atoms with Gasteiger partial charge >= 0.3 is 5.69 Å². The Kier molecular flexibility index (Phi) is 6.27. The fraction of sp³-hybridized carbons (Fsp3) is 0.118. The van der Waals surface area contributed by atoms with Crippen molar-refractivity contribution in [3.8, 4) is 23.3 Å². The standard InChI is InChI=1S/C17H14N4O6/c1-26-17-13(22)7-6-12(16(17)21(24)25)9-19-20-15(23)10-27-14-5-3-2-4-11(14)8-18/h2-7,9,22H,10H2,1H3,(H,20,23). The number of ether oxygens (including phenoxy) is 2. The molecule has 0 unspecified atom stereocenters. The van der Waals surface area contributed by atoms with E-state index in [1.54, 1.807) is 24.3 Å². The predicted molar refractivity (Wildman–Crippen MR) is 93.7 cm³/mol. The number of nitrogens with one attached hydrogen (secondary N) is 1. The Morgan fingerprint density at radius 2 is 2.15 bits per heavy atom. The average Bonchev–Trinajstić information content (AvgIpc) is 2.67. The Labute approximate surface area is 153 Å². The van der Waals surface area contributed by atoms with E-state index in [2.05, 4.69) is 10.5 Å². The zero-order valence-electron chi connectivity index (χ0n) is 14.1. The van der Waals surface area contributed by atoms with Gasteiger partial charge in [-0.1, -0.05) is 12.1 Å². The van der Waals surface area contributed by atoms with Gasteiger partial charge in [-0.05, 0) is 24.3 Å². The van der Waals surface area contributed by atoms with Crippen molar-refractivity contribution in [1.29, 1.82) is 5.26 Å². The number of phenols is 1. The molecular formula is C17H14N4O6. The van der Waals surface area contributed by atoms with Crippen molar-refractivity contribution >= 4 is 17.8 Å². The van der Waals surface area contributed by atoms with E-state index >= 15 is 0 Å². The maximum atomic E-state index is 11.8. The number of nitro groups is 1. The van der Waals surface area contributed by atoms with Crippen molar-refractivity contribution in [2.75, 3.05) is 13.7 Å². The topological polar surface area (TPSA) is 147 Å². The first-order valence-electron chi connectivity index (χ1n) is 7.46. The fourth-order valence-electron chi connectivity index (χ4n) is 2.10. The van der Waals surface area contributed by atoms with Crippen LogP contribution in [0.2, 0.25) is 0 Å². The first-order chi connectivity index (χ1) is 13.0. The van der Waals surface area contributed by atoms with Crippen molar-refractivity contribution in [2.45, 2.75) is 0 Å². The van der Waals surface area contributed by atoms with Crippen molar-refractivity contribution < 1.29 is 24.3 Å². The average molecular weight is 370 g/mol. The van der Waals surface area contributed by atoms with Crippen LogP contribution in [0.5, 0.6) is 17.2 Å². The molecule has 1 amide bonds. The summed E-state index contributed by atoms with van der Waals surface area (Å²) in [6, 6.07) is 10.8. The number of hydrogen-bond donors (Lipinski definition) is 2. The van der Waals surface area contributed by atoms with Gasteiger partial charge in [-0.15, -0.1) is 0 Å². The molecule has 0 atom stereocenters. The summed E-state index contributed by atoms with van der Waals surface area (Å²) in [5.74, 6) is -1.09. The summed E-state index contributed by atoms with van der Waals surface area (Å²) in [5, 5.41) is 33.4. The zero-order chi connectivity index (χ0) is 19.8. The van der Waals surface area contributed by atoms with Crippen LogP contribution in [0, 0.1) is 21.4 Å². The summed E-state index contributed by atoms with van der Waals surface area (Å²) in [6.07, 6.45) is 1.04. The lowest BCUT2D eigenvalue weighted by Crippen LogP contribution is -2.24. The van der Waals surface area contributed by atoms with E-state index in [1.165, 1.54) is 19.2 Å². The molecule has 0 bridgehead atoms. The van der Waals surface area contributed by atoms with Crippen molar-refractivity contribution in [2.24, 2.45) is 5.10 Å². The van der Waals surface area contributed by atoms with Gasteiger partial charge in [0.15, 0.2) is 12.4 Å². The molecule has 0 saturated heterocycles.